The SMILES string of the molecule is CNCC(=O)OCc1cccnc1N(C)C(=O)OCn1nc(C(=O)Nc2ccc(C)cc2F)c(F)c1Cl. The minimum Gasteiger partial charge on any atom is -0.460 e. The van der Waals surface area contributed by atoms with Gasteiger partial charge in [-0.3, -0.25) is 14.5 Å². The van der Waals surface area contributed by atoms with E-state index in [0.29, 0.717) is 11.1 Å². The zero-order valence-corrected chi connectivity index (χ0v) is 20.8. The number of rotatable bonds is 9. The van der Waals surface area contributed by atoms with Gasteiger partial charge in [0.05, 0.1) is 12.2 Å². The van der Waals surface area contributed by atoms with E-state index in [-0.39, 0.29) is 24.7 Å². The fraction of sp³-hybridized carbons (Fsp3) is 0.261. The topological polar surface area (TPSA) is 128 Å². The summed E-state index contributed by atoms with van der Waals surface area (Å²) in [6.07, 6.45) is 0.515. The van der Waals surface area contributed by atoms with E-state index in [1.807, 2.05) is 0 Å². The number of hydrogen-bond acceptors (Lipinski definition) is 8. The van der Waals surface area contributed by atoms with Crippen LogP contribution < -0.4 is 15.5 Å². The van der Waals surface area contributed by atoms with Crippen LogP contribution in [0.3, 0.4) is 0 Å². The Hall–Kier alpha value is -4.10. The van der Waals surface area contributed by atoms with Gasteiger partial charge in [-0.15, -0.1) is 0 Å². The lowest BCUT2D eigenvalue weighted by atomic mass is 10.2. The van der Waals surface area contributed by atoms with Crippen molar-refractivity contribution in [1.29, 1.82) is 0 Å². The van der Waals surface area contributed by atoms with E-state index in [1.165, 1.54) is 25.4 Å². The molecule has 0 atom stereocenters. The number of benzene rings is 1. The predicted molar refractivity (Wildman–Crippen MR) is 129 cm³/mol. The van der Waals surface area contributed by atoms with Crippen LogP contribution in [0.1, 0.15) is 21.6 Å². The number of pyridine rings is 1. The molecule has 196 valence electrons. The van der Waals surface area contributed by atoms with Crippen LogP contribution in [0.5, 0.6) is 0 Å². The van der Waals surface area contributed by atoms with Crippen LogP contribution in [0.25, 0.3) is 0 Å². The number of amides is 2. The minimum absolute atomic E-state index is 0.00857. The Morgan fingerprint density at radius 3 is 2.65 bits per heavy atom. The lowest BCUT2D eigenvalue weighted by Gasteiger charge is -2.19. The molecule has 2 aromatic heterocycles. The number of aromatic nitrogens is 3. The molecule has 0 radical (unpaired) electrons. The number of hydrogen-bond donors (Lipinski definition) is 2. The molecule has 0 bridgehead atoms. The summed E-state index contributed by atoms with van der Waals surface area (Å²) in [5, 5.41) is 8.03. The maximum Gasteiger partial charge on any atom is 0.417 e. The molecular formula is C23H23ClF2N6O5. The second-order valence-corrected chi connectivity index (χ2v) is 8.02. The van der Waals surface area contributed by atoms with Crippen LogP contribution in [0.15, 0.2) is 36.5 Å². The summed E-state index contributed by atoms with van der Waals surface area (Å²) in [6.45, 7) is 0.889. The fourth-order valence-electron chi connectivity index (χ4n) is 3.05. The van der Waals surface area contributed by atoms with Crippen LogP contribution in [-0.2, 0) is 27.6 Å². The first-order valence-electron chi connectivity index (χ1n) is 10.8. The highest BCUT2D eigenvalue weighted by Crippen LogP contribution is 2.22. The van der Waals surface area contributed by atoms with Crippen molar-refractivity contribution in [2.75, 3.05) is 30.9 Å². The van der Waals surface area contributed by atoms with Crippen LogP contribution in [0.4, 0.5) is 25.1 Å². The zero-order chi connectivity index (χ0) is 27.1. The van der Waals surface area contributed by atoms with Gasteiger partial charge in [-0.25, -0.2) is 23.2 Å². The van der Waals surface area contributed by atoms with Crippen LogP contribution >= 0.6 is 11.6 Å². The van der Waals surface area contributed by atoms with E-state index in [0.717, 1.165) is 9.58 Å². The van der Waals surface area contributed by atoms with Gasteiger partial charge in [-0.1, -0.05) is 23.7 Å². The third kappa shape index (κ3) is 6.77. The summed E-state index contributed by atoms with van der Waals surface area (Å²) in [4.78, 5) is 41.8. The van der Waals surface area contributed by atoms with Gasteiger partial charge in [0.1, 0.15) is 18.2 Å². The highest BCUT2D eigenvalue weighted by molar-refractivity contribution is 6.30. The molecule has 2 amide bonds. The largest absolute Gasteiger partial charge is 0.460 e. The first-order chi connectivity index (χ1) is 17.6. The number of nitrogens with zero attached hydrogens (tertiary/aromatic N) is 4. The van der Waals surface area contributed by atoms with E-state index < -0.39 is 47.2 Å². The number of carbonyl (C=O) groups is 3. The van der Waals surface area contributed by atoms with Gasteiger partial charge in [0.15, 0.2) is 23.4 Å². The van der Waals surface area contributed by atoms with Gasteiger partial charge in [0.25, 0.3) is 5.91 Å². The second kappa shape index (κ2) is 12.2. The molecule has 37 heavy (non-hydrogen) atoms. The standard InChI is InChI=1S/C23H23ClF2N6O5/c1-13-6-7-16(15(25)9-13)29-22(34)19-18(26)20(24)32(30-19)12-37-23(35)31(3)21-14(5-4-8-28-21)11-36-17(33)10-27-2/h4-9,27H,10-12H2,1-3H3,(H,29,34). The molecule has 0 fully saturated rings. The first kappa shape index (κ1) is 27.5. The van der Waals surface area contributed by atoms with Crippen molar-refractivity contribution in [2.24, 2.45) is 0 Å². The lowest BCUT2D eigenvalue weighted by Crippen LogP contribution is -2.30. The Balaban J connectivity index is 1.67. The molecule has 0 saturated heterocycles. The number of carbonyl (C=O) groups excluding carboxylic acids is 3. The van der Waals surface area contributed by atoms with Gasteiger partial charge in [0.2, 0.25) is 0 Å². The van der Waals surface area contributed by atoms with Gasteiger partial charge >= 0.3 is 12.1 Å². The molecule has 0 aliphatic rings. The predicted octanol–water partition coefficient (Wildman–Crippen LogP) is 3.26. The second-order valence-electron chi connectivity index (χ2n) is 7.67. The van der Waals surface area contributed by atoms with Crippen molar-refractivity contribution in [2.45, 2.75) is 20.3 Å². The molecule has 14 heteroatoms. The molecule has 2 N–H and O–H groups in total. The van der Waals surface area contributed by atoms with Crippen molar-refractivity contribution in [3.63, 3.8) is 0 Å². The Morgan fingerprint density at radius 1 is 1.19 bits per heavy atom. The number of aryl methyl sites for hydroxylation is 1. The van der Waals surface area contributed by atoms with Crippen molar-refractivity contribution in [1.82, 2.24) is 20.1 Å². The minimum atomic E-state index is -1.17. The van der Waals surface area contributed by atoms with Crippen molar-refractivity contribution >= 4 is 41.1 Å². The summed E-state index contributed by atoms with van der Waals surface area (Å²) < 4.78 is 39.6. The smallest absolute Gasteiger partial charge is 0.417 e. The molecule has 11 nitrogen and oxygen atoms in total. The van der Waals surface area contributed by atoms with Crippen molar-refractivity contribution in [3.8, 4) is 0 Å². The third-order valence-electron chi connectivity index (χ3n) is 4.90. The fourth-order valence-corrected chi connectivity index (χ4v) is 3.23. The van der Waals surface area contributed by atoms with Gasteiger partial charge in [0, 0.05) is 18.8 Å². The molecule has 2 heterocycles. The van der Waals surface area contributed by atoms with E-state index in [4.69, 9.17) is 21.1 Å². The number of likely N-dealkylation sites (N-methyl/N-ethyl adjacent to an activating group) is 1. The van der Waals surface area contributed by atoms with Crippen LogP contribution in [0, 0.1) is 18.6 Å². The summed E-state index contributed by atoms with van der Waals surface area (Å²) in [5.74, 6) is -3.27. The normalized spacial score (nSPS) is 10.6. The molecule has 0 aliphatic heterocycles. The molecule has 3 aromatic rings. The Bertz CT molecular complexity index is 1320. The van der Waals surface area contributed by atoms with Gasteiger partial charge in [-0.2, -0.15) is 5.10 Å². The summed E-state index contributed by atoms with van der Waals surface area (Å²) >= 11 is 5.92. The average Bonchev–Trinajstić information content (AvgIpc) is 3.16. The maximum atomic E-state index is 14.6. The summed E-state index contributed by atoms with van der Waals surface area (Å²) in [6, 6.07) is 7.30. The third-order valence-corrected chi connectivity index (χ3v) is 5.26. The Labute approximate surface area is 215 Å². The van der Waals surface area contributed by atoms with E-state index in [2.05, 4.69) is 20.7 Å². The number of esters is 1. The van der Waals surface area contributed by atoms with Gasteiger partial charge in [-0.05, 0) is 37.7 Å². The number of nitrogens with one attached hydrogen (secondary N) is 2. The molecule has 1 aromatic carbocycles. The maximum absolute atomic E-state index is 14.6. The average molecular weight is 537 g/mol. The van der Waals surface area contributed by atoms with Crippen molar-refractivity contribution in [3.05, 3.63) is 70.1 Å². The van der Waals surface area contributed by atoms with Gasteiger partial charge < -0.3 is 20.1 Å². The van der Waals surface area contributed by atoms with E-state index >= 15 is 0 Å². The van der Waals surface area contributed by atoms with Crippen LogP contribution in [0.2, 0.25) is 5.15 Å². The zero-order valence-electron chi connectivity index (χ0n) is 20.0. The number of halogens is 3. The van der Waals surface area contributed by atoms with E-state index in [9.17, 15) is 23.2 Å². The molecule has 0 spiro atoms. The highest BCUT2D eigenvalue weighted by atomic mass is 35.5. The number of anilines is 2. The van der Waals surface area contributed by atoms with Crippen LogP contribution in [-0.4, -0.2) is 53.4 Å². The molecule has 0 aliphatic carbocycles. The Kier molecular flexibility index (Phi) is 9.09. The van der Waals surface area contributed by atoms with E-state index in [1.54, 1.807) is 32.2 Å². The first-order valence-corrected chi connectivity index (χ1v) is 11.1. The lowest BCUT2D eigenvalue weighted by molar-refractivity contribution is -0.143. The molecular weight excluding hydrogens is 514 g/mol. The highest BCUT2D eigenvalue weighted by Gasteiger charge is 2.25. The quantitative estimate of drug-likeness (QED) is 0.399. The molecule has 0 unspecified atom stereocenters. The summed E-state index contributed by atoms with van der Waals surface area (Å²) in [7, 11) is 2.96. The summed E-state index contributed by atoms with van der Waals surface area (Å²) in [5.41, 5.74) is 0.173. The monoisotopic (exact) mass is 536 g/mol. The van der Waals surface area contributed by atoms with Crippen molar-refractivity contribution < 1.29 is 32.6 Å². The number of ether oxygens (including phenoxy) is 2. The molecule has 0 saturated carbocycles. The molecule has 3 rings (SSSR count). The Morgan fingerprint density at radius 2 is 1.95 bits per heavy atom.